The fourth-order valence-corrected chi connectivity index (χ4v) is 1.30. The fraction of sp³-hybridized carbons (Fsp3) is 0.300. The van der Waals surface area contributed by atoms with Crippen molar-refractivity contribution < 1.29 is 5.11 Å². The molecule has 0 unspecified atom stereocenters. The summed E-state index contributed by atoms with van der Waals surface area (Å²) in [5.41, 5.74) is 7.01. The number of aliphatic hydroxyl groups is 1. The molecular formula is C10H15N3O. The zero-order valence-electron chi connectivity index (χ0n) is 8.20. The number of para-hydroxylation sites is 1. The highest BCUT2D eigenvalue weighted by molar-refractivity contribution is 6.00. The first-order chi connectivity index (χ1) is 6.66. The summed E-state index contributed by atoms with van der Waals surface area (Å²) >= 11 is 0. The average molecular weight is 193 g/mol. The number of rotatable bonds is 4. The van der Waals surface area contributed by atoms with Crippen molar-refractivity contribution in [3.8, 4) is 0 Å². The summed E-state index contributed by atoms with van der Waals surface area (Å²) < 4.78 is 0. The number of likely N-dealkylation sites (N-methyl/N-ethyl adjacent to an activating group) is 1. The molecule has 4 nitrogen and oxygen atoms in total. The maximum atomic E-state index is 8.80. The van der Waals surface area contributed by atoms with Crippen LogP contribution in [0.15, 0.2) is 24.3 Å². The minimum atomic E-state index is 0.0467. The molecule has 4 N–H and O–H groups in total. The molecule has 0 aromatic heterocycles. The number of hydrogen-bond acceptors (Lipinski definition) is 3. The molecule has 14 heavy (non-hydrogen) atoms. The van der Waals surface area contributed by atoms with Crippen LogP contribution in [0.3, 0.4) is 0 Å². The summed E-state index contributed by atoms with van der Waals surface area (Å²) in [6.07, 6.45) is 0. The van der Waals surface area contributed by atoms with Crippen LogP contribution in [0.1, 0.15) is 5.56 Å². The molecular weight excluding hydrogens is 178 g/mol. The molecule has 0 radical (unpaired) electrons. The predicted molar refractivity (Wildman–Crippen MR) is 57.8 cm³/mol. The smallest absolute Gasteiger partial charge is 0.124 e. The van der Waals surface area contributed by atoms with Crippen molar-refractivity contribution in [1.82, 2.24) is 0 Å². The maximum absolute atomic E-state index is 8.80. The molecule has 0 aliphatic heterocycles. The first-order valence-corrected chi connectivity index (χ1v) is 4.42. The van der Waals surface area contributed by atoms with E-state index in [4.69, 9.17) is 16.2 Å². The zero-order chi connectivity index (χ0) is 10.6. The number of amidine groups is 1. The van der Waals surface area contributed by atoms with Gasteiger partial charge in [-0.3, -0.25) is 5.41 Å². The van der Waals surface area contributed by atoms with Crippen molar-refractivity contribution in [3.63, 3.8) is 0 Å². The first kappa shape index (κ1) is 10.5. The van der Waals surface area contributed by atoms with E-state index in [0.717, 1.165) is 5.69 Å². The second-order valence-electron chi connectivity index (χ2n) is 3.08. The summed E-state index contributed by atoms with van der Waals surface area (Å²) in [7, 11) is 1.86. The normalized spacial score (nSPS) is 9.86. The minimum Gasteiger partial charge on any atom is -0.395 e. The predicted octanol–water partition coefficient (Wildman–Crippen LogP) is 0.399. The standard InChI is InChI=1S/C10H15N3O/c1-13(6-7-14)9-5-3-2-4-8(9)10(11)12/h2-5,14H,6-7H2,1H3,(H3,11,12). The van der Waals surface area contributed by atoms with E-state index in [1.54, 1.807) is 6.07 Å². The van der Waals surface area contributed by atoms with Crippen LogP contribution in [0.2, 0.25) is 0 Å². The molecule has 0 saturated heterocycles. The summed E-state index contributed by atoms with van der Waals surface area (Å²) in [6, 6.07) is 7.40. The summed E-state index contributed by atoms with van der Waals surface area (Å²) in [5.74, 6) is 0.0467. The lowest BCUT2D eigenvalue weighted by Crippen LogP contribution is -2.24. The zero-order valence-corrected chi connectivity index (χ0v) is 8.20. The molecule has 1 rings (SSSR count). The molecule has 0 spiro atoms. The largest absolute Gasteiger partial charge is 0.395 e. The van der Waals surface area contributed by atoms with Gasteiger partial charge in [0.25, 0.3) is 0 Å². The van der Waals surface area contributed by atoms with E-state index in [2.05, 4.69) is 0 Å². The van der Waals surface area contributed by atoms with Crippen molar-refractivity contribution >= 4 is 11.5 Å². The van der Waals surface area contributed by atoms with Crippen LogP contribution in [-0.2, 0) is 0 Å². The molecule has 0 aliphatic rings. The Morgan fingerprint density at radius 1 is 1.50 bits per heavy atom. The van der Waals surface area contributed by atoms with Crippen LogP contribution in [0.4, 0.5) is 5.69 Å². The van der Waals surface area contributed by atoms with Gasteiger partial charge in [-0.2, -0.15) is 0 Å². The van der Waals surface area contributed by atoms with Crippen LogP contribution in [-0.4, -0.2) is 31.1 Å². The maximum Gasteiger partial charge on any atom is 0.124 e. The Bertz CT molecular complexity index is 325. The van der Waals surface area contributed by atoms with Crippen molar-refractivity contribution in [2.75, 3.05) is 25.1 Å². The highest BCUT2D eigenvalue weighted by Crippen LogP contribution is 2.17. The summed E-state index contributed by atoms with van der Waals surface area (Å²) in [5, 5.41) is 16.2. The Balaban J connectivity index is 3.00. The molecule has 4 heteroatoms. The number of nitrogens with two attached hydrogens (primary N) is 1. The van der Waals surface area contributed by atoms with Crippen LogP contribution in [0, 0.1) is 5.41 Å². The van der Waals surface area contributed by atoms with Gasteiger partial charge in [0.2, 0.25) is 0 Å². The van der Waals surface area contributed by atoms with Crippen LogP contribution >= 0.6 is 0 Å². The number of anilines is 1. The topological polar surface area (TPSA) is 73.3 Å². The third-order valence-electron chi connectivity index (χ3n) is 2.04. The second kappa shape index (κ2) is 4.62. The van der Waals surface area contributed by atoms with E-state index in [1.165, 1.54) is 0 Å². The van der Waals surface area contributed by atoms with Gasteiger partial charge in [0, 0.05) is 24.8 Å². The molecule has 76 valence electrons. The highest BCUT2D eigenvalue weighted by atomic mass is 16.3. The van der Waals surface area contributed by atoms with E-state index in [1.807, 2.05) is 30.1 Å². The Hall–Kier alpha value is -1.55. The Kier molecular flexibility index (Phi) is 3.48. The lowest BCUT2D eigenvalue weighted by atomic mass is 10.1. The lowest BCUT2D eigenvalue weighted by molar-refractivity contribution is 0.304. The van der Waals surface area contributed by atoms with Gasteiger partial charge >= 0.3 is 0 Å². The van der Waals surface area contributed by atoms with Gasteiger partial charge < -0.3 is 15.7 Å². The van der Waals surface area contributed by atoms with Crippen LogP contribution in [0.5, 0.6) is 0 Å². The molecule has 0 saturated carbocycles. The molecule has 0 amide bonds. The van der Waals surface area contributed by atoms with Gasteiger partial charge in [0.1, 0.15) is 5.84 Å². The van der Waals surface area contributed by atoms with Crippen molar-refractivity contribution in [3.05, 3.63) is 29.8 Å². The highest BCUT2D eigenvalue weighted by Gasteiger charge is 2.07. The van der Waals surface area contributed by atoms with Gasteiger partial charge in [-0.1, -0.05) is 12.1 Å². The second-order valence-corrected chi connectivity index (χ2v) is 3.08. The summed E-state index contributed by atoms with van der Waals surface area (Å²) in [6.45, 7) is 0.618. The first-order valence-electron chi connectivity index (χ1n) is 4.42. The van der Waals surface area contributed by atoms with Gasteiger partial charge in [-0.05, 0) is 12.1 Å². The number of hydrogen-bond donors (Lipinski definition) is 3. The van der Waals surface area contributed by atoms with Crippen LogP contribution in [0.25, 0.3) is 0 Å². The van der Waals surface area contributed by atoms with Gasteiger partial charge in [-0.15, -0.1) is 0 Å². The molecule has 1 aromatic rings. The van der Waals surface area contributed by atoms with Gasteiger partial charge in [0.05, 0.1) is 6.61 Å². The Morgan fingerprint density at radius 3 is 2.71 bits per heavy atom. The molecule has 1 aromatic carbocycles. The van der Waals surface area contributed by atoms with Crippen LogP contribution < -0.4 is 10.6 Å². The number of nitrogens with zero attached hydrogens (tertiary/aromatic N) is 1. The molecule has 0 aliphatic carbocycles. The number of aliphatic hydroxyl groups excluding tert-OH is 1. The number of benzene rings is 1. The lowest BCUT2D eigenvalue weighted by Gasteiger charge is -2.20. The fourth-order valence-electron chi connectivity index (χ4n) is 1.30. The summed E-state index contributed by atoms with van der Waals surface area (Å²) in [4.78, 5) is 1.87. The van der Waals surface area contributed by atoms with Crippen molar-refractivity contribution in [1.29, 1.82) is 5.41 Å². The number of nitrogens with one attached hydrogen (secondary N) is 1. The van der Waals surface area contributed by atoms with Crippen molar-refractivity contribution in [2.45, 2.75) is 0 Å². The molecule has 0 bridgehead atoms. The van der Waals surface area contributed by atoms with Gasteiger partial charge in [0.15, 0.2) is 0 Å². The monoisotopic (exact) mass is 193 g/mol. The Morgan fingerprint density at radius 2 is 2.14 bits per heavy atom. The SMILES string of the molecule is CN(CCO)c1ccccc1C(=N)N. The van der Waals surface area contributed by atoms with E-state index in [-0.39, 0.29) is 12.4 Å². The average Bonchev–Trinajstić information content (AvgIpc) is 2.18. The molecule has 0 fully saturated rings. The van der Waals surface area contributed by atoms with Crippen molar-refractivity contribution in [2.24, 2.45) is 5.73 Å². The van der Waals surface area contributed by atoms with Gasteiger partial charge in [-0.25, -0.2) is 0 Å². The number of nitrogen functional groups attached to an aromatic ring is 1. The van der Waals surface area contributed by atoms with E-state index in [9.17, 15) is 0 Å². The van der Waals surface area contributed by atoms with E-state index in [0.29, 0.717) is 12.1 Å². The molecule has 0 atom stereocenters. The third-order valence-corrected chi connectivity index (χ3v) is 2.04. The molecule has 0 heterocycles. The quantitative estimate of drug-likeness (QED) is 0.478. The minimum absolute atomic E-state index is 0.0467. The third kappa shape index (κ3) is 2.23. The van der Waals surface area contributed by atoms with E-state index < -0.39 is 0 Å². The van der Waals surface area contributed by atoms with E-state index >= 15 is 0 Å². The Labute approximate surface area is 83.5 Å².